The van der Waals surface area contributed by atoms with Gasteiger partial charge in [-0.2, -0.15) is 0 Å². The fourth-order valence-corrected chi connectivity index (χ4v) is 2.25. The molecule has 18 heavy (non-hydrogen) atoms. The summed E-state index contributed by atoms with van der Waals surface area (Å²) in [6, 6.07) is 0.180. The highest BCUT2D eigenvalue weighted by molar-refractivity contribution is 5.76. The van der Waals surface area contributed by atoms with Crippen molar-refractivity contribution in [2.24, 2.45) is 5.41 Å². The van der Waals surface area contributed by atoms with Crippen LogP contribution in [0.3, 0.4) is 0 Å². The van der Waals surface area contributed by atoms with Gasteiger partial charge >= 0.3 is 12.0 Å². The minimum Gasteiger partial charge on any atom is -0.481 e. The van der Waals surface area contributed by atoms with Gasteiger partial charge in [-0.3, -0.25) is 4.79 Å². The van der Waals surface area contributed by atoms with E-state index >= 15 is 0 Å². The molecule has 0 saturated heterocycles. The van der Waals surface area contributed by atoms with Gasteiger partial charge in [0.2, 0.25) is 0 Å². The van der Waals surface area contributed by atoms with E-state index in [4.69, 9.17) is 5.11 Å². The summed E-state index contributed by atoms with van der Waals surface area (Å²) in [5, 5.41) is 11.7. The standard InChI is InChI=1S/C13H22N2O3/c1-2-13(6-7-13)9-14-12(18)15(10-3-4-10)8-5-11(16)17/h10H,2-9H2,1H3,(H,14,18)(H,16,17). The minimum atomic E-state index is -0.847. The number of carboxylic acid groups (broad SMARTS) is 1. The smallest absolute Gasteiger partial charge is 0.317 e. The number of urea groups is 1. The van der Waals surface area contributed by atoms with Gasteiger partial charge in [0.05, 0.1) is 6.42 Å². The molecule has 0 spiro atoms. The van der Waals surface area contributed by atoms with Gasteiger partial charge < -0.3 is 15.3 Å². The van der Waals surface area contributed by atoms with Crippen LogP contribution in [0.15, 0.2) is 0 Å². The van der Waals surface area contributed by atoms with E-state index in [0.717, 1.165) is 25.8 Å². The number of aliphatic carboxylic acids is 1. The number of rotatable bonds is 7. The first-order valence-corrected chi connectivity index (χ1v) is 6.82. The van der Waals surface area contributed by atoms with Crippen molar-refractivity contribution in [1.82, 2.24) is 10.2 Å². The molecule has 0 heterocycles. The lowest BCUT2D eigenvalue weighted by Crippen LogP contribution is -2.44. The molecule has 2 rings (SSSR count). The van der Waals surface area contributed by atoms with Crippen molar-refractivity contribution in [3.8, 4) is 0 Å². The molecule has 2 fully saturated rings. The third kappa shape index (κ3) is 3.37. The van der Waals surface area contributed by atoms with Gasteiger partial charge in [-0.1, -0.05) is 6.92 Å². The van der Waals surface area contributed by atoms with Crippen molar-refractivity contribution >= 4 is 12.0 Å². The Morgan fingerprint density at radius 2 is 2.06 bits per heavy atom. The Balaban J connectivity index is 1.78. The molecule has 0 unspecified atom stereocenters. The molecular formula is C13H22N2O3. The van der Waals surface area contributed by atoms with Crippen LogP contribution >= 0.6 is 0 Å². The summed E-state index contributed by atoms with van der Waals surface area (Å²) in [6.45, 7) is 3.21. The Labute approximate surface area is 108 Å². The third-order valence-corrected chi connectivity index (χ3v) is 4.14. The molecular weight excluding hydrogens is 232 g/mol. The lowest BCUT2D eigenvalue weighted by Gasteiger charge is -2.23. The number of nitrogens with one attached hydrogen (secondary N) is 1. The van der Waals surface area contributed by atoms with Gasteiger partial charge in [-0.25, -0.2) is 4.79 Å². The third-order valence-electron chi connectivity index (χ3n) is 4.14. The fraction of sp³-hybridized carbons (Fsp3) is 0.846. The van der Waals surface area contributed by atoms with Crippen molar-refractivity contribution in [3.63, 3.8) is 0 Å². The van der Waals surface area contributed by atoms with E-state index in [2.05, 4.69) is 12.2 Å². The molecule has 0 aromatic carbocycles. The molecule has 5 nitrogen and oxygen atoms in total. The Morgan fingerprint density at radius 1 is 1.39 bits per heavy atom. The zero-order chi connectivity index (χ0) is 13.2. The maximum atomic E-state index is 12.0. The number of carboxylic acids is 1. The highest BCUT2D eigenvalue weighted by Crippen LogP contribution is 2.47. The van der Waals surface area contributed by atoms with E-state index in [9.17, 15) is 9.59 Å². The summed E-state index contributed by atoms with van der Waals surface area (Å²) >= 11 is 0. The summed E-state index contributed by atoms with van der Waals surface area (Å²) in [6.07, 6.45) is 5.54. The number of carbonyl (C=O) groups is 2. The van der Waals surface area contributed by atoms with Crippen LogP contribution in [0.5, 0.6) is 0 Å². The van der Waals surface area contributed by atoms with Gasteiger partial charge in [-0.05, 0) is 37.5 Å². The van der Waals surface area contributed by atoms with Crippen LogP contribution in [0.25, 0.3) is 0 Å². The van der Waals surface area contributed by atoms with E-state index in [1.807, 2.05) is 0 Å². The first-order valence-electron chi connectivity index (χ1n) is 6.82. The van der Waals surface area contributed by atoms with Crippen LogP contribution in [-0.4, -0.2) is 41.1 Å². The molecule has 2 aliphatic rings. The molecule has 0 radical (unpaired) electrons. The summed E-state index contributed by atoms with van der Waals surface area (Å²) in [5.41, 5.74) is 0.331. The zero-order valence-electron chi connectivity index (χ0n) is 10.9. The van der Waals surface area contributed by atoms with Crippen molar-refractivity contribution in [1.29, 1.82) is 0 Å². The molecule has 0 aromatic heterocycles. The molecule has 5 heteroatoms. The average molecular weight is 254 g/mol. The monoisotopic (exact) mass is 254 g/mol. The Morgan fingerprint density at radius 3 is 2.50 bits per heavy atom. The van der Waals surface area contributed by atoms with Gasteiger partial charge in [0.25, 0.3) is 0 Å². The first kappa shape index (κ1) is 13.2. The van der Waals surface area contributed by atoms with E-state index in [1.165, 1.54) is 12.8 Å². The summed E-state index contributed by atoms with van der Waals surface area (Å²) in [4.78, 5) is 24.3. The zero-order valence-corrected chi connectivity index (χ0v) is 10.9. The average Bonchev–Trinajstić information content (AvgIpc) is 3.21. The molecule has 2 aliphatic carbocycles. The van der Waals surface area contributed by atoms with Gasteiger partial charge in [0.1, 0.15) is 0 Å². The molecule has 0 aliphatic heterocycles. The highest BCUT2D eigenvalue weighted by atomic mass is 16.4. The number of carbonyl (C=O) groups excluding carboxylic acids is 1. The van der Waals surface area contributed by atoms with Crippen LogP contribution < -0.4 is 5.32 Å². The van der Waals surface area contributed by atoms with E-state index < -0.39 is 5.97 Å². The quantitative estimate of drug-likeness (QED) is 0.728. The molecule has 0 aromatic rings. The normalized spacial score (nSPS) is 20.3. The second-order valence-corrected chi connectivity index (χ2v) is 5.58. The predicted octanol–water partition coefficient (Wildman–Crippen LogP) is 1.83. The molecule has 2 saturated carbocycles. The largest absolute Gasteiger partial charge is 0.481 e. The molecule has 0 atom stereocenters. The lowest BCUT2D eigenvalue weighted by molar-refractivity contribution is -0.137. The summed E-state index contributed by atoms with van der Waals surface area (Å²) < 4.78 is 0. The molecule has 102 valence electrons. The Bertz CT molecular complexity index is 335. The van der Waals surface area contributed by atoms with E-state index in [1.54, 1.807) is 4.90 Å². The Hall–Kier alpha value is -1.26. The minimum absolute atomic E-state index is 0.0306. The van der Waals surface area contributed by atoms with Gasteiger partial charge in [0.15, 0.2) is 0 Å². The van der Waals surface area contributed by atoms with Gasteiger partial charge in [0, 0.05) is 19.1 Å². The van der Waals surface area contributed by atoms with Crippen LogP contribution in [0.2, 0.25) is 0 Å². The summed E-state index contributed by atoms with van der Waals surface area (Å²) in [5.74, 6) is -0.847. The first-order chi connectivity index (χ1) is 8.56. The number of hydrogen-bond acceptors (Lipinski definition) is 2. The van der Waals surface area contributed by atoms with Crippen LogP contribution in [0.4, 0.5) is 4.79 Å². The maximum absolute atomic E-state index is 12.0. The predicted molar refractivity (Wildman–Crippen MR) is 67.3 cm³/mol. The Kier molecular flexibility index (Phi) is 3.78. The molecule has 2 N–H and O–H groups in total. The van der Waals surface area contributed by atoms with Crippen molar-refractivity contribution in [2.75, 3.05) is 13.1 Å². The number of amides is 2. The number of hydrogen-bond donors (Lipinski definition) is 2. The van der Waals surface area contributed by atoms with E-state index in [0.29, 0.717) is 12.0 Å². The SMILES string of the molecule is CCC1(CNC(=O)N(CCC(=O)O)C2CC2)CC1. The lowest BCUT2D eigenvalue weighted by atomic mass is 10.0. The van der Waals surface area contributed by atoms with Gasteiger partial charge in [-0.15, -0.1) is 0 Å². The molecule has 0 bridgehead atoms. The van der Waals surface area contributed by atoms with Crippen molar-refractivity contribution in [2.45, 2.75) is 51.5 Å². The van der Waals surface area contributed by atoms with Crippen molar-refractivity contribution in [3.05, 3.63) is 0 Å². The van der Waals surface area contributed by atoms with Crippen LogP contribution in [0.1, 0.15) is 45.4 Å². The maximum Gasteiger partial charge on any atom is 0.317 e. The topological polar surface area (TPSA) is 69.6 Å². The van der Waals surface area contributed by atoms with Crippen LogP contribution in [0, 0.1) is 5.41 Å². The highest BCUT2D eigenvalue weighted by Gasteiger charge is 2.41. The number of nitrogens with zero attached hydrogens (tertiary/aromatic N) is 1. The summed E-state index contributed by atoms with van der Waals surface area (Å²) in [7, 11) is 0. The fourth-order valence-electron chi connectivity index (χ4n) is 2.25. The second kappa shape index (κ2) is 5.16. The van der Waals surface area contributed by atoms with E-state index in [-0.39, 0.29) is 18.5 Å². The van der Waals surface area contributed by atoms with Crippen molar-refractivity contribution < 1.29 is 14.7 Å². The molecule has 2 amide bonds. The second-order valence-electron chi connectivity index (χ2n) is 5.58. The van der Waals surface area contributed by atoms with Crippen LogP contribution in [-0.2, 0) is 4.79 Å².